The third kappa shape index (κ3) is 2.65. The Hall–Kier alpha value is -0.490. The number of fused-ring (bicyclic) bond motifs is 1. The Balaban J connectivity index is 1.90. The van der Waals surface area contributed by atoms with E-state index < -0.39 is 17.2 Å². The van der Waals surface area contributed by atoms with E-state index in [0.717, 1.165) is 23.3 Å². The van der Waals surface area contributed by atoms with Crippen LogP contribution >= 0.6 is 15.9 Å². The Labute approximate surface area is 130 Å². The minimum Gasteiger partial charge on any atom is -0.493 e. The summed E-state index contributed by atoms with van der Waals surface area (Å²) < 4.78 is 49.9. The van der Waals surface area contributed by atoms with Gasteiger partial charge in [0.25, 0.3) is 0 Å². The molecule has 2 nitrogen and oxygen atoms in total. The van der Waals surface area contributed by atoms with Gasteiger partial charge in [0.2, 0.25) is 0 Å². The molecule has 2 atom stereocenters. The highest BCUT2D eigenvalue weighted by Gasteiger charge is 2.67. The molecule has 2 fully saturated rings. The number of allylic oxidation sites excluding steroid dienone is 3. The van der Waals surface area contributed by atoms with Gasteiger partial charge < -0.3 is 9.47 Å². The molecule has 118 valence electrons. The van der Waals surface area contributed by atoms with Gasteiger partial charge in [-0.1, -0.05) is 35.9 Å². The maximum atomic E-state index is 13.1. The van der Waals surface area contributed by atoms with Crippen molar-refractivity contribution in [3.63, 3.8) is 0 Å². The predicted octanol–water partition coefficient (Wildman–Crippen LogP) is 4.50. The Morgan fingerprint density at radius 1 is 1.38 bits per heavy atom. The van der Waals surface area contributed by atoms with Crippen molar-refractivity contribution in [2.75, 3.05) is 13.2 Å². The summed E-state index contributed by atoms with van der Waals surface area (Å²) in [5.41, 5.74) is -0.495. The second kappa shape index (κ2) is 4.75. The van der Waals surface area contributed by atoms with E-state index in [1.54, 1.807) is 0 Å². The highest BCUT2D eigenvalue weighted by atomic mass is 79.9. The second-order valence-electron chi connectivity index (χ2n) is 6.66. The first kappa shape index (κ1) is 15.4. The summed E-state index contributed by atoms with van der Waals surface area (Å²) in [6, 6.07) is 0. The van der Waals surface area contributed by atoms with Gasteiger partial charge >= 0.3 is 6.18 Å². The van der Waals surface area contributed by atoms with E-state index in [-0.39, 0.29) is 17.9 Å². The summed E-state index contributed by atoms with van der Waals surface area (Å²) in [5, 5.41) is 0. The van der Waals surface area contributed by atoms with Crippen molar-refractivity contribution in [1.29, 1.82) is 0 Å². The molecule has 0 amide bonds. The Morgan fingerprint density at radius 2 is 2.05 bits per heavy atom. The van der Waals surface area contributed by atoms with E-state index >= 15 is 0 Å². The molecule has 0 spiro atoms. The van der Waals surface area contributed by atoms with Crippen LogP contribution in [0.15, 0.2) is 23.0 Å². The van der Waals surface area contributed by atoms with Crippen LogP contribution in [0.5, 0.6) is 0 Å². The van der Waals surface area contributed by atoms with Crippen LogP contribution in [-0.4, -0.2) is 29.8 Å². The molecule has 21 heavy (non-hydrogen) atoms. The minimum absolute atomic E-state index is 0.0569. The molecule has 0 bridgehead atoms. The predicted molar refractivity (Wildman–Crippen MR) is 76.1 cm³/mol. The maximum Gasteiger partial charge on any atom is 0.419 e. The third-order valence-electron chi connectivity index (χ3n) is 4.52. The van der Waals surface area contributed by atoms with E-state index in [1.807, 2.05) is 13.8 Å². The lowest BCUT2D eigenvalue weighted by atomic mass is 9.72. The zero-order valence-corrected chi connectivity index (χ0v) is 13.6. The monoisotopic (exact) mass is 366 g/mol. The Kier molecular flexibility index (Phi) is 3.49. The van der Waals surface area contributed by atoms with Crippen molar-refractivity contribution in [3.8, 4) is 0 Å². The molecule has 0 N–H and O–H groups in total. The van der Waals surface area contributed by atoms with Crippen LogP contribution in [0, 0.1) is 5.41 Å². The van der Waals surface area contributed by atoms with Crippen LogP contribution in [-0.2, 0) is 9.47 Å². The summed E-state index contributed by atoms with van der Waals surface area (Å²) in [6.45, 7) is 4.09. The maximum absolute atomic E-state index is 13.1. The number of ether oxygens (including phenoxy) is 2. The average Bonchev–Trinajstić information content (AvgIpc) is 2.98. The highest BCUT2D eigenvalue weighted by molar-refractivity contribution is 9.09. The van der Waals surface area contributed by atoms with Gasteiger partial charge in [-0.25, -0.2) is 0 Å². The summed E-state index contributed by atoms with van der Waals surface area (Å²) in [7, 11) is 0. The fourth-order valence-corrected chi connectivity index (χ4v) is 3.97. The normalized spacial score (nSPS) is 32.7. The van der Waals surface area contributed by atoms with Crippen molar-refractivity contribution in [1.82, 2.24) is 0 Å². The summed E-state index contributed by atoms with van der Waals surface area (Å²) in [4.78, 5) is 0.161. The number of halogens is 4. The van der Waals surface area contributed by atoms with Gasteiger partial charge in [0.15, 0.2) is 5.60 Å². The van der Waals surface area contributed by atoms with Crippen molar-refractivity contribution in [2.24, 2.45) is 5.41 Å². The van der Waals surface area contributed by atoms with E-state index in [9.17, 15) is 13.2 Å². The number of hydrogen-bond donors (Lipinski definition) is 0. The van der Waals surface area contributed by atoms with Crippen molar-refractivity contribution in [3.05, 3.63) is 23.0 Å². The van der Waals surface area contributed by atoms with Crippen LogP contribution in [0.3, 0.4) is 0 Å². The standard InChI is InChI=1S/C15H18BrF3O2/c1-13(2,7-14(8-21-14)15(17,18)19)11-6-10(16)5-9-3-4-20-12(9)11/h5,10H,3-4,6-8H2,1-2H3/t10?,14-/m1/s1. The molecular weight excluding hydrogens is 349 g/mol. The topological polar surface area (TPSA) is 21.8 Å². The first-order chi connectivity index (χ1) is 9.65. The molecule has 0 aromatic carbocycles. The molecule has 0 aromatic heterocycles. The zero-order valence-electron chi connectivity index (χ0n) is 12.0. The Bertz CT molecular complexity index is 516. The van der Waals surface area contributed by atoms with E-state index in [2.05, 4.69) is 22.0 Å². The highest BCUT2D eigenvalue weighted by Crippen LogP contribution is 2.54. The molecule has 0 saturated carbocycles. The molecular formula is C15H18BrF3O2. The van der Waals surface area contributed by atoms with Crippen molar-refractivity contribution >= 4 is 15.9 Å². The molecule has 6 heteroatoms. The number of alkyl halides is 4. The third-order valence-corrected chi connectivity index (χ3v) is 5.11. The molecule has 2 heterocycles. The molecule has 0 radical (unpaired) electrons. The molecule has 3 aliphatic rings. The first-order valence-electron chi connectivity index (χ1n) is 7.07. The van der Waals surface area contributed by atoms with E-state index in [4.69, 9.17) is 9.47 Å². The van der Waals surface area contributed by atoms with Gasteiger partial charge in [-0.3, -0.25) is 0 Å². The summed E-state index contributed by atoms with van der Waals surface area (Å²) >= 11 is 3.57. The smallest absolute Gasteiger partial charge is 0.419 e. The first-order valence-corrected chi connectivity index (χ1v) is 7.98. The van der Waals surface area contributed by atoms with Crippen LogP contribution in [0.2, 0.25) is 0 Å². The molecule has 3 rings (SSSR count). The van der Waals surface area contributed by atoms with Gasteiger partial charge in [0, 0.05) is 11.2 Å². The van der Waals surface area contributed by atoms with Crippen LogP contribution in [0.4, 0.5) is 13.2 Å². The van der Waals surface area contributed by atoms with E-state index in [1.165, 1.54) is 0 Å². The SMILES string of the molecule is CC(C)(C[C@]1(C(F)(F)F)CO1)C1=C2OCCC2=CC(Br)C1. The lowest BCUT2D eigenvalue weighted by Crippen LogP contribution is -2.38. The van der Waals surface area contributed by atoms with Crippen LogP contribution in [0.25, 0.3) is 0 Å². The van der Waals surface area contributed by atoms with Gasteiger partial charge in [-0.2, -0.15) is 13.2 Å². The van der Waals surface area contributed by atoms with Gasteiger partial charge in [-0.15, -0.1) is 0 Å². The molecule has 2 saturated heterocycles. The van der Waals surface area contributed by atoms with Crippen molar-refractivity contribution in [2.45, 2.75) is 49.7 Å². The zero-order chi connectivity index (χ0) is 15.5. The van der Waals surface area contributed by atoms with Gasteiger partial charge in [0.1, 0.15) is 5.76 Å². The fraction of sp³-hybridized carbons (Fsp3) is 0.733. The van der Waals surface area contributed by atoms with Crippen LogP contribution in [0.1, 0.15) is 33.1 Å². The molecule has 1 aliphatic carbocycles. The molecule has 0 aromatic rings. The summed E-state index contributed by atoms with van der Waals surface area (Å²) in [5.74, 6) is 0.814. The lowest BCUT2D eigenvalue weighted by molar-refractivity contribution is -0.190. The molecule has 2 aliphatic heterocycles. The van der Waals surface area contributed by atoms with Crippen molar-refractivity contribution < 1.29 is 22.6 Å². The van der Waals surface area contributed by atoms with Crippen LogP contribution < -0.4 is 0 Å². The molecule has 1 unspecified atom stereocenters. The van der Waals surface area contributed by atoms with Gasteiger partial charge in [0.05, 0.1) is 13.2 Å². The summed E-state index contributed by atoms with van der Waals surface area (Å²) in [6.07, 6.45) is -0.751. The Morgan fingerprint density at radius 3 is 2.62 bits per heavy atom. The largest absolute Gasteiger partial charge is 0.493 e. The fourth-order valence-electron chi connectivity index (χ4n) is 3.33. The second-order valence-corrected chi connectivity index (χ2v) is 7.84. The quantitative estimate of drug-likeness (QED) is 0.541. The van der Waals surface area contributed by atoms with Gasteiger partial charge in [-0.05, 0) is 29.4 Å². The lowest BCUT2D eigenvalue weighted by Gasteiger charge is -2.35. The average molecular weight is 367 g/mol. The minimum atomic E-state index is -4.31. The van der Waals surface area contributed by atoms with E-state index in [0.29, 0.717) is 13.0 Å². The number of epoxide rings is 1. The number of rotatable bonds is 3. The number of hydrogen-bond acceptors (Lipinski definition) is 2.